The number of unbranched alkanes of at least 4 members (excludes halogenated alkanes) is 2. The standard InChI is InChI=1S/C11H14INO3S/c12-9-6-8(7-17-9)11(16)13-5-3-1-2-4-10(14)15/h6-7H,1-5H2,(H,13,16)(H,14,15). The van der Waals surface area contributed by atoms with Crippen LogP contribution in [0.2, 0.25) is 0 Å². The number of carboxylic acids is 1. The lowest BCUT2D eigenvalue weighted by molar-refractivity contribution is -0.137. The predicted molar refractivity (Wildman–Crippen MR) is 75.5 cm³/mol. The molecule has 0 aliphatic carbocycles. The second kappa shape index (κ2) is 7.65. The third kappa shape index (κ3) is 6.02. The van der Waals surface area contributed by atoms with Crippen LogP contribution in [0.15, 0.2) is 11.4 Å². The summed E-state index contributed by atoms with van der Waals surface area (Å²) in [5, 5.41) is 13.1. The molecule has 94 valence electrons. The molecule has 0 aliphatic rings. The Morgan fingerprint density at radius 2 is 2.12 bits per heavy atom. The minimum atomic E-state index is -0.762. The molecule has 2 N–H and O–H groups in total. The molecule has 0 saturated carbocycles. The predicted octanol–water partition coefficient (Wildman–Crippen LogP) is 2.73. The molecule has 0 aromatic carbocycles. The van der Waals surface area contributed by atoms with E-state index in [4.69, 9.17) is 5.11 Å². The Kier molecular flexibility index (Phi) is 6.49. The largest absolute Gasteiger partial charge is 0.481 e. The highest BCUT2D eigenvalue weighted by Crippen LogP contribution is 2.16. The van der Waals surface area contributed by atoms with Crippen LogP contribution in [-0.4, -0.2) is 23.5 Å². The van der Waals surface area contributed by atoms with Gasteiger partial charge in [0.2, 0.25) is 0 Å². The van der Waals surface area contributed by atoms with Crippen LogP contribution >= 0.6 is 33.9 Å². The van der Waals surface area contributed by atoms with Gasteiger partial charge in [-0.3, -0.25) is 9.59 Å². The van der Waals surface area contributed by atoms with Gasteiger partial charge >= 0.3 is 5.97 Å². The summed E-state index contributed by atoms with van der Waals surface area (Å²) in [6.45, 7) is 0.602. The van der Waals surface area contributed by atoms with Crippen molar-refractivity contribution in [2.75, 3.05) is 6.54 Å². The third-order valence-corrected chi connectivity index (χ3v) is 3.97. The molecule has 6 heteroatoms. The van der Waals surface area contributed by atoms with Crippen LogP contribution in [0.3, 0.4) is 0 Å². The SMILES string of the molecule is O=C(O)CCCCCNC(=O)c1csc(I)c1. The lowest BCUT2D eigenvalue weighted by atomic mass is 10.2. The average Bonchev–Trinajstić information content (AvgIpc) is 2.69. The fourth-order valence-corrected chi connectivity index (χ4v) is 2.64. The quantitative estimate of drug-likeness (QED) is 0.575. The maximum absolute atomic E-state index is 11.6. The number of carboxylic acid groups (broad SMARTS) is 1. The summed E-state index contributed by atoms with van der Waals surface area (Å²) in [5.41, 5.74) is 0.699. The van der Waals surface area contributed by atoms with Gasteiger partial charge < -0.3 is 10.4 Å². The van der Waals surface area contributed by atoms with E-state index < -0.39 is 5.97 Å². The fraction of sp³-hybridized carbons (Fsp3) is 0.455. The van der Waals surface area contributed by atoms with Crippen LogP contribution in [0.5, 0.6) is 0 Å². The van der Waals surface area contributed by atoms with E-state index in [0.29, 0.717) is 18.5 Å². The van der Waals surface area contributed by atoms with Crippen molar-refractivity contribution in [2.24, 2.45) is 0 Å². The molecule has 4 nitrogen and oxygen atoms in total. The lowest BCUT2D eigenvalue weighted by Gasteiger charge is -2.02. The first-order valence-electron chi connectivity index (χ1n) is 5.33. The van der Waals surface area contributed by atoms with Crippen molar-refractivity contribution in [2.45, 2.75) is 25.7 Å². The molecule has 0 unspecified atom stereocenters. The normalized spacial score (nSPS) is 10.2. The lowest BCUT2D eigenvalue weighted by Crippen LogP contribution is -2.23. The maximum Gasteiger partial charge on any atom is 0.303 e. The molecule has 1 heterocycles. The van der Waals surface area contributed by atoms with Gasteiger partial charge in [0.05, 0.1) is 8.45 Å². The first-order valence-corrected chi connectivity index (χ1v) is 7.29. The van der Waals surface area contributed by atoms with E-state index >= 15 is 0 Å². The molecule has 1 amide bonds. The number of halogens is 1. The molecule has 0 bridgehead atoms. The van der Waals surface area contributed by atoms with E-state index in [2.05, 4.69) is 27.9 Å². The van der Waals surface area contributed by atoms with Crippen LogP contribution in [-0.2, 0) is 4.79 Å². The van der Waals surface area contributed by atoms with Crippen molar-refractivity contribution in [1.29, 1.82) is 0 Å². The Morgan fingerprint density at radius 3 is 2.71 bits per heavy atom. The van der Waals surface area contributed by atoms with Crippen molar-refractivity contribution in [3.05, 3.63) is 19.9 Å². The van der Waals surface area contributed by atoms with Crippen LogP contribution in [0.25, 0.3) is 0 Å². The van der Waals surface area contributed by atoms with E-state index in [9.17, 15) is 9.59 Å². The van der Waals surface area contributed by atoms with E-state index in [1.165, 1.54) is 0 Å². The first-order chi connectivity index (χ1) is 8.09. The Labute approximate surface area is 118 Å². The summed E-state index contributed by atoms with van der Waals surface area (Å²) in [5.74, 6) is -0.815. The van der Waals surface area contributed by atoms with Gasteiger partial charge in [0.1, 0.15) is 0 Å². The minimum absolute atomic E-state index is 0.0533. The molecule has 0 fully saturated rings. The van der Waals surface area contributed by atoms with Gasteiger partial charge in [0.25, 0.3) is 5.91 Å². The molecule has 1 rings (SSSR count). The topological polar surface area (TPSA) is 66.4 Å². The number of thiophene rings is 1. The number of carbonyl (C=O) groups is 2. The maximum atomic E-state index is 11.6. The average molecular weight is 367 g/mol. The number of hydrogen-bond acceptors (Lipinski definition) is 3. The molecule has 1 aromatic heterocycles. The number of nitrogens with one attached hydrogen (secondary N) is 1. The first kappa shape index (κ1) is 14.4. The summed E-state index contributed by atoms with van der Waals surface area (Å²) < 4.78 is 1.09. The minimum Gasteiger partial charge on any atom is -0.481 e. The third-order valence-electron chi connectivity index (χ3n) is 2.18. The molecular weight excluding hydrogens is 353 g/mol. The van der Waals surface area contributed by atoms with Crippen molar-refractivity contribution in [3.63, 3.8) is 0 Å². The Hall–Kier alpha value is -0.630. The van der Waals surface area contributed by atoms with Crippen LogP contribution < -0.4 is 5.32 Å². The summed E-state index contributed by atoms with van der Waals surface area (Å²) in [4.78, 5) is 21.9. The molecule has 0 saturated heterocycles. The second-order valence-electron chi connectivity index (χ2n) is 3.60. The van der Waals surface area contributed by atoms with Gasteiger partial charge in [0, 0.05) is 18.3 Å². The molecule has 17 heavy (non-hydrogen) atoms. The van der Waals surface area contributed by atoms with Crippen molar-refractivity contribution in [1.82, 2.24) is 5.32 Å². The summed E-state index contributed by atoms with van der Waals surface area (Å²) in [7, 11) is 0. The molecule has 0 spiro atoms. The van der Waals surface area contributed by atoms with Gasteiger partial charge in [-0.15, -0.1) is 11.3 Å². The summed E-state index contributed by atoms with van der Waals surface area (Å²) in [6.07, 6.45) is 2.52. The number of rotatable bonds is 7. The molecule has 0 atom stereocenters. The smallest absolute Gasteiger partial charge is 0.303 e. The van der Waals surface area contributed by atoms with E-state index in [-0.39, 0.29) is 12.3 Å². The molecule has 0 radical (unpaired) electrons. The Morgan fingerprint density at radius 1 is 1.35 bits per heavy atom. The van der Waals surface area contributed by atoms with Gasteiger partial charge in [-0.05, 0) is 41.5 Å². The Balaban J connectivity index is 2.11. The van der Waals surface area contributed by atoms with Gasteiger partial charge in [0.15, 0.2) is 0 Å². The highest BCUT2D eigenvalue weighted by atomic mass is 127. The Bertz CT molecular complexity index is 392. The zero-order valence-electron chi connectivity index (χ0n) is 9.24. The van der Waals surface area contributed by atoms with Crippen molar-refractivity contribution < 1.29 is 14.7 Å². The van der Waals surface area contributed by atoms with E-state index in [1.54, 1.807) is 11.3 Å². The number of carbonyl (C=O) groups excluding carboxylic acids is 1. The molecule has 0 aliphatic heterocycles. The molecule has 1 aromatic rings. The van der Waals surface area contributed by atoms with Gasteiger partial charge in [-0.2, -0.15) is 0 Å². The zero-order chi connectivity index (χ0) is 12.7. The van der Waals surface area contributed by atoms with Crippen LogP contribution in [0.1, 0.15) is 36.0 Å². The fourth-order valence-electron chi connectivity index (χ4n) is 1.31. The van der Waals surface area contributed by atoms with Gasteiger partial charge in [-0.1, -0.05) is 6.42 Å². The monoisotopic (exact) mass is 367 g/mol. The summed E-state index contributed by atoms with van der Waals surface area (Å²) >= 11 is 3.72. The number of amides is 1. The van der Waals surface area contributed by atoms with Crippen molar-refractivity contribution in [3.8, 4) is 0 Å². The second-order valence-corrected chi connectivity index (χ2v) is 6.41. The van der Waals surface area contributed by atoms with Crippen LogP contribution in [0, 0.1) is 2.88 Å². The van der Waals surface area contributed by atoms with Gasteiger partial charge in [-0.25, -0.2) is 0 Å². The van der Waals surface area contributed by atoms with E-state index in [0.717, 1.165) is 15.7 Å². The number of hydrogen-bond donors (Lipinski definition) is 2. The van der Waals surface area contributed by atoms with Crippen molar-refractivity contribution >= 4 is 45.8 Å². The van der Waals surface area contributed by atoms with Crippen LogP contribution in [0.4, 0.5) is 0 Å². The highest BCUT2D eigenvalue weighted by Gasteiger charge is 2.06. The molecular formula is C11H14INO3S. The highest BCUT2D eigenvalue weighted by molar-refractivity contribution is 14.1. The zero-order valence-corrected chi connectivity index (χ0v) is 12.2. The summed E-state index contributed by atoms with van der Waals surface area (Å²) in [6, 6.07) is 1.85. The van der Waals surface area contributed by atoms with E-state index in [1.807, 2.05) is 11.4 Å². The number of aliphatic carboxylic acids is 1.